The van der Waals surface area contributed by atoms with Crippen LogP contribution in [0.1, 0.15) is 54.3 Å². The summed E-state index contributed by atoms with van der Waals surface area (Å²) in [4.78, 5) is 18.7. The molecule has 0 bridgehead atoms. The maximum absolute atomic E-state index is 14.0. The Morgan fingerprint density at radius 3 is 2.50 bits per heavy atom. The van der Waals surface area contributed by atoms with Crippen molar-refractivity contribution in [2.45, 2.75) is 45.9 Å². The van der Waals surface area contributed by atoms with Crippen molar-refractivity contribution in [1.82, 2.24) is 15.2 Å². The predicted octanol–water partition coefficient (Wildman–Crippen LogP) is 4.85. The lowest BCUT2D eigenvalue weighted by molar-refractivity contribution is 0.0934. The van der Waals surface area contributed by atoms with Gasteiger partial charge in [-0.05, 0) is 32.4 Å². The van der Waals surface area contributed by atoms with E-state index in [1.165, 1.54) is 18.4 Å². The number of amides is 1. The highest BCUT2D eigenvalue weighted by Gasteiger charge is 2.19. The second-order valence-corrected chi connectivity index (χ2v) is 7.47. The van der Waals surface area contributed by atoms with E-state index in [1.54, 1.807) is 0 Å². The summed E-state index contributed by atoms with van der Waals surface area (Å²) < 4.78 is 32.7. The van der Waals surface area contributed by atoms with Crippen LogP contribution >= 0.6 is 0 Å². The first-order valence-electron chi connectivity index (χ1n) is 9.81. The number of halogens is 2. The molecule has 3 aromatic rings. The molecule has 0 aliphatic carbocycles. The van der Waals surface area contributed by atoms with Crippen LogP contribution in [0.15, 0.2) is 59.2 Å². The molecule has 1 unspecified atom stereocenters. The van der Waals surface area contributed by atoms with E-state index in [2.05, 4.69) is 10.3 Å². The van der Waals surface area contributed by atoms with Crippen LogP contribution in [0.3, 0.4) is 0 Å². The summed E-state index contributed by atoms with van der Waals surface area (Å²) in [6.07, 6.45) is 1.32. The van der Waals surface area contributed by atoms with Crippen LogP contribution < -0.4 is 5.32 Å². The van der Waals surface area contributed by atoms with Gasteiger partial charge in [0.1, 0.15) is 17.9 Å². The zero-order chi connectivity index (χ0) is 21.7. The van der Waals surface area contributed by atoms with Crippen molar-refractivity contribution in [2.24, 2.45) is 0 Å². The van der Waals surface area contributed by atoms with Crippen LogP contribution in [0.25, 0.3) is 0 Å². The number of oxazole rings is 1. The highest BCUT2D eigenvalue weighted by Crippen LogP contribution is 2.17. The zero-order valence-electron chi connectivity index (χ0n) is 17.2. The van der Waals surface area contributed by atoms with E-state index in [0.717, 1.165) is 11.6 Å². The van der Waals surface area contributed by atoms with Gasteiger partial charge in [-0.25, -0.2) is 13.8 Å². The first-order chi connectivity index (χ1) is 14.3. The van der Waals surface area contributed by atoms with Crippen molar-refractivity contribution in [1.29, 1.82) is 0 Å². The lowest BCUT2D eigenvalue weighted by Crippen LogP contribution is -2.30. The largest absolute Gasteiger partial charge is 0.447 e. The molecule has 1 heterocycles. The average molecular weight is 413 g/mol. The highest BCUT2D eigenvalue weighted by molar-refractivity contribution is 5.92. The molecule has 1 amide bonds. The van der Waals surface area contributed by atoms with Crippen LogP contribution in [0.5, 0.6) is 0 Å². The number of rotatable bonds is 8. The monoisotopic (exact) mass is 413 g/mol. The Morgan fingerprint density at radius 2 is 1.83 bits per heavy atom. The van der Waals surface area contributed by atoms with Gasteiger partial charge in [0.2, 0.25) is 5.89 Å². The van der Waals surface area contributed by atoms with E-state index in [-0.39, 0.29) is 36.8 Å². The van der Waals surface area contributed by atoms with Crippen molar-refractivity contribution >= 4 is 5.91 Å². The van der Waals surface area contributed by atoms with Crippen LogP contribution in [0, 0.1) is 11.6 Å². The lowest BCUT2D eigenvalue weighted by Gasteiger charge is -2.25. The van der Waals surface area contributed by atoms with E-state index in [9.17, 15) is 13.6 Å². The van der Waals surface area contributed by atoms with Gasteiger partial charge < -0.3 is 9.73 Å². The van der Waals surface area contributed by atoms with Gasteiger partial charge in [0.05, 0.1) is 12.6 Å². The van der Waals surface area contributed by atoms with Crippen molar-refractivity contribution in [3.8, 4) is 0 Å². The minimum Gasteiger partial charge on any atom is -0.447 e. The highest BCUT2D eigenvalue weighted by atomic mass is 19.1. The summed E-state index contributed by atoms with van der Waals surface area (Å²) >= 11 is 0. The number of benzene rings is 2. The molecule has 3 rings (SSSR count). The SMILES string of the molecule is CC(NC(=O)c1coc(CN(Cc2ccc(F)cc2F)C(C)C)n1)c1ccccc1. The fourth-order valence-corrected chi connectivity index (χ4v) is 3.05. The summed E-state index contributed by atoms with van der Waals surface area (Å²) in [7, 11) is 0. The summed E-state index contributed by atoms with van der Waals surface area (Å²) in [6.45, 7) is 6.36. The average Bonchev–Trinajstić information content (AvgIpc) is 3.18. The van der Waals surface area contributed by atoms with Gasteiger partial charge in [0.15, 0.2) is 5.69 Å². The van der Waals surface area contributed by atoms with E-state index >= 15 is 0 Å². The van der Waals surface area contributed by atoms with Gasteiger partial charge in [-0.2, -0.15) is 0 Å². The smallest absolute Gasteiger partial charge is 0.273 e. The van der Waals surface area contributed by atoms with E-state index < -0.39 is 11.6 Å². The Bertz CT molecular complexity index is 989. The van der Waals surface area contributed by atoms with Crippen molar-refractivity contribution in [2.75, 3.05) is 0 Å². The fraction of sp³-hybridized carbons (Fsp3) is 0.304. The molecule has 30 heavy (non-hydrogen) atoms. The molecule has 0 radical (unpaired) electrons. The first kappa shape index (κ1) is 21.6. The van der Waals surface area contributed by atoms with Crippen LogP contribution in [0.4, 0.5) is 8.78 Å². The molecular weight excluding hydrogens is 388 g/mol. The third-order valence-corrected chi connectivity index (χ3v) is 4.89. The molecule has 0 spiro atoms. The molecule has 7 heteroatoms. The van der Waals surface area contributed by atoms with Crippen molar-refractivity contribution < 1.29 is 18.0 Å². The molecule has 0 aliphatic heterocycles. The van der Waals surface area contributed by atoms with Gasteiger partial charge in [-0.3, -0.25) is 9.69 Å². The van der Waals surface area contributed by atoms with Gasteiger partial charge >= 0.3 is 0 Å². The van der Waals surface area contributed by atoms with Crippen molar-refractivity contribution in [3.63, 3.8) is 0 Å². The number of nitrogens with zero attached hydrogens (tertiary/aromatic N) is 2. The van der Waals surface area contributed by atoms with E-state index in [1.807, 2.05) is 56.0 Å². The molecule has 5 nitrogen and oxygen atoms in total. The minimum absolute atomic E-state index is 0.0525. The summed E-state index contributed by atoms with van der Waals surface area (Å²) in [6, 6.07) is 13.0. The van der Waals surface area contributed by atoms with Crippen LogP contribution in [-0.4, -0.2) is 21.8 Å². The number of hydrogen-bond acceptors (Lipinski definition) is 4. The third-order valence-electron chi connectivity index (χ3n) is 4.89. The predicted molar refractivity (Wildman–Crippen MR) is 110 cm³/mol. The van der Waals surface area contributed by atoms with Crippen LogP contribution in [0.2, 0.25) is 0 Å². The molecule has 0 fully saturated rings. The molecule has 1 N–H and O–H groups in total. The third kappa shape index (κ3) is 5.51. The van der Waals surface area contributed by atoms with Crippen LogP contribution in [-0.2, 0) is 13.1 Å². The van der Waals surface area contributed by atoms with E-state index in [4.69, 9.17) is 4.42 Å². The van der Waals surface area contributed by atoms with Gasteiger partial charge in [0.25, 0.3) is 5.91 Å². The molecule has 0 aliphatic rings. The van der Waals surface area contributed by atoms with E-state index in [0.29, 0.717) is 11.5 Å². The van der Waals surface area contributed by atoms with Crippen molar-refractivity contribution in [3.05, 3.63) is 89.1 Å². The molecule has 158 valence electrons. The Hall–Kier alpha value is -3.06. The van der Waals surface area contributed by atoms with Gasteiger partial charge in [-0.15, -0.1) is 0 Å². The topological polar surface area (TPSA) is 58.4 Å². The molecule has 2 aromatic carbocycles. The normalized spacial score (nSPS) is 12.4. The number of aromatic nitrogens is 1. The molecule has 0 saturated carbocycles. The summed E-state index contributed by atoms with van der Waals surface area (Å²) in [5, 5.41) is 2.89. The Kier molecular flexibility index (Phi) is 6.95. The summed E-state index contributed by atoms with van der Waals surface area (Å²) in [5.74, 6) is -1.19. The molecule has 1 atom stereocenters. The standard InChI is InChI=1S/C23H25F2N3O2/c1-15(2)28(12-18-9-10-19(24)11-20(18)25)13-22-27-21(14-30-22)23(29)26-16(3)17-7-5-4-6-8-17/h4-11,14-16H,12-13H2,1-3H3,(H,26,29). The zero-order valence-corrected chi connectivity index (χ0v) is 17.2. The number of nitrogens with one attached hydrogen (secondary N) is 1. The maximum Gasteiger partial charge on any atom is 0.273 e. The minimum atomic E-state index is -0.611. The number of carbonyl (C=O) groups is 1. The molecular formula is C23H25F2N3O2. The first-order valence-corrected chi connectivity index (χ1v) is 9.81. The fourth-order valence-electron chi connectivity index (χ4n) is 3.05. The van der Waals surface area contributed by atoms with Gasteiger partial charge in [-0.1, -0.05) is 36.4 Å². The Labute approximate surface area is 174 Å². The summed E-state index contributed by atoms with van der Waals surface area (Å²) in [5.41, 5.74) is 1.55. The maximum atomic E-state index is 14.0. The second kappa shape index (κ2) is 9.63. The molecule has 1 aromatic heterocycles. The quantitative estimate of drug-likeness (QED) is 0.573. The Balaban J connectivity index is 1.65. The Morgan fingerprint density at radius 1 is 1.10 bits per heavy atom. The van der Waals surface area contributed by atoms with Gasteiger partial charge in [0, 0.05) is 24.2 Å². The number of hydrogen-bond donors (Lipinski definition) is 1. The lowest BCUT2D eigenvalue weighted by atomic mass is 10.1. The molecule has 0 saturated heterocycles. The number of carbonyl (C=O) groups excluding carboxylic acids is 1. The second-order valence-electron chi connectivity index (χ2n) is 7.47.